The van der Waals surface area contributed by atoms with Crippen LogP contribution in [0.15, 0.2) is 128 Å². The number of hydrogen-bond donors (Lipinski definition) is 1. The lowest BCUT2D eigenvalue weighted by Crippen LogP contribution is -2.47. The second-order valence-electron chi connectivity index (χ2n) is 15.2. The van der Waals surface area contributed by atoms with E-state index in [9.17, 15) is 33.1 Å². The van der Waals surface area contributed by atoms with Crippen LogP contribution in [-0.4, -0.2) is 87.3 Å². The van der Waals surface area contributed by atoms with Gasteiger partial charge in [0.2, 0.25) is 5.78 Å². The summed E-state index contributed by atoms with van der Waals surface area (Å²) in [5.74, 6) is -4.62. The third-order valence-corrected chi connectivity index (χ3v) is 11.8. The summed E-state index contributed by atoms with van der Waals surface area (Å²) in [5.41, 5.74) is -0.0432. The molecule has 1 aliphatic rings. The van der Waals surface area contributed by atoms with E-state index in [1.54, 1.807) is 80.8 Å². The first-order valence-corrected chi connectivity index (χ1v) is 22.5. The van der Waals surface area contributed by atoms with Gasteiger partial charge in [-0.2, -0.15) is 10.4 Å². The number of nitriles is 1. The molecule has 6 rings (SSSR count). The number of aromatic nitrogens is 3. The Hall–Kier alpha value is -7.37. The molecule has 1 N–H and O–H groups in total. The lowest BCUT2D eigenvalue weighted by atomic mass is 9.89. The number of hydrogen-bond acceptors (Lipinski definition) is 15. The molecule has 1 saturated heterocycles. The Kier molecular flexibility index (Phi) is 20.7. The molecular formula is C51H49F3N4O11S. The van der Waals surface area contributed by atoms with Crippen molar-refractivity contribution in [1.82, 2.24) is 14.8 Å². The standard InChI is InChI=1S/C35H31F3N4O5S.C16H18O6/c1-23(48-28-18-45-33(46-19-28)9-5-3-6-25-11-10-24(16-39)14-31(25)37)35(20-42-22-40-21-41-42,30-13-12-27(36)15-32(30)38)47-34(44)29-8-4-2-7-26(29)17-43;1-3-10-21-16(19)14(17)8-9-15(18)22-11-12-4-6-13(20-2)7-5-12/h2-15,21-23,28,33,43H,17-20H2,1H3;3-7H,1,8-11H2,2H3/b6-3+,9-5+;/t23-,28?,33?,35-;/m1./s1. The van der Waals surface area contributed by atoms with Crippen molar-refractivity contribution in [3.8, 4) is 11.8 Å². The first kappa shape index (κ1) is 53.6. The monoisotopic (exact) mass is 982 g/mol. The van der Waals surface area contributed by atoms with E-state index in [2.05, 4.69) is 21.4 Å². The summed E-state index contributed by atoms with van der Waals surface area (Å²) in [7, 11) is 1.56. The summed E-state index contributed by atoms with van der Waals surface area (Å²) < 4.78 is 77.9. The molecule has 0 spiro atoms. The Labute approximate surface area is 406 Å². The first-order valence-electron chi connectivity index (χ1n) is 21.5. The van der Waals surface area contributed by atoms with Crippen LogP contribution in [0.2, 0.25) is 0 Å². The van der Waals surface area contributed by atoms with Gasteiger partial charge in [-0.15, -0.1) is 11.8 Å². The molecule has 0 aliphatic carbocycles. The van der Waals surface area contributed by atoms with E-state index in [4.69, 9.17) is 28.9 Å². The van der Waals surface area contributed by atoms with E-state index in [-0.39, 0.29) is 67.8 Å². The van der Waals surface area contributed by atoms with E-state index in [1.807, 2.05) is 6.07 Å². The Morgan fingerprint density at radius 3 is 2.40 bits per heavy atom. The van der Waals surface area contributed by atoms with Crippen molar-refractivity contribution < 1.29 is 65.9 Å². The minimum Gasteiger partial charge on any atom is -0.497 e. The van der Waals surface area contributed by atoms with Crippen molar-refractivity contribution in [3.05, 3.63) is 179 Å². The van der Waals surface area contributed by atoms with Crippen LogP contribution in [0.1, 0.15) is 57.9 Å². The van der Waals surface area contributed by atoms with Gasteiger partial charge in [-0.05, 0) is 66.6 Å². The average Bonchev–Trinajstić information content (AvgIpc) is 3.89. The number of rotatable bonds is 21. The van der Waals surface area contributed by atoms with E-state index in [0.717, 1.165) is 23.8 Å². The van der Waals surface area contributed by atoms with Gasteiger partial charge in [-0.1, -0.05) is 67.3 Å². The normalized spacial score (nSPS) is 15.7. The van der Waals surface area contributed by atoms with Crippen LogP contribution >= 0.6 is 11.8 Å². The number of Topliss-reactive ketones (excluding diaryl/α,β-unsaturated/α-hetero) is 1. The Morgan fingerprint density at radius 1 is 0.986 bits per heavy atom. The maximum atomic E-state index is 15.7. The number of ketones is 1. The first-order chi connectivity index (χ1) is 33.8. The number of esters is 3. The number of methoxy groups -OCH3 is 1. The molecule has 0 radical (unpaired) electrons. The molecule has 1 aromatic heterocycles. The molecule has 15 nitrogen and oxygen atoms in total. The molecule has 366 valence electrons. The minimum absolute atomic E-state index is 0.0352. The number of nitrogens with zero attached hydrogens (tertiary/aromatic N) is 4. The van der Waals surface area contributed by atoms with Gasteiger partial charge in [0.05, 0.1) is 62.3 Å². The average molecular weight is 983 g/mol. The van der Waals surface area contributed by atoms with Gasteiger partial charge in [0.1, 0.15) is 49.1 Å². The number of aliphatic hydroxyl groups excluding tert-OH is 1. The SMILES string of the molecule is C=CCOC(=O)C(=O)CCC(=O)OCc1ccc(OC)cc1.C[C@@H](SC1COC(/C=C/C=C/c2ccc(C#N)cc2F)OC1)[C@@](Cn1cncn1)(OC(=O)c1ccccc1CO)c1ccc(F)cc1F. The van der Waals surface area contributed by atoms with Crippen LogP contribution in [-0.2, 0) is 63.4 Å². The van der Waals surface area contributed by atoms with Crippen molar-refractivity contribution in [1.29, 1.82) is 5.26 Å². The van der Waals surface area contributed by atoms with Crippen molar-refractivity contribution >= 4 is 41.5 Å². The van der Waals surface area contributed by atoms with Gasteiger partial charge in [0, 0.05) is 28.9 Å². The van der Waals surface area contributed by atoms with Gasteiger partial charge in [-0.25, -0.2) is 32.4 Å². The minimum atomic E-state index is -1.74. The lowest BCUT2D eigenvalue weighted by molar-refractivity contribution is -0.154. The molecule has 2 heterocycles. The van der Waals surface area contributed by atoms with E-state index < -0.39 is 64.9 Å². The molecule has 5 aromatic rings. The lowest BCUT2D eigenvalue weighted by Gasteiger charge is -2.40. The van der Waals surface area contributed by atoms with E-state index in [0.29, 0.717) is 16.9 Å². The zero-order chi connectivity index (χ0) is 50.5. The second kappa shape index (κ2) is 27.0. The zero-order valence-corrected chi connectivity index (χ0v) is 38.9. The number of aliphatic hydroxyl groups is 1. The van der Waals surface area contributed by atoms with Crippen LogP contribution < -0.4 is 4.74 Å². The molecule has 2 atom stereocenters. The van der Waals surface area contributed by atoms with Gasteiger partial charge < -0.3 is 33.5 Å². The number of halogens is 3. The molecule has 0 amide bonds. The van der Waals surface area contributed by atoms with E-state index in [1.165, 1.54) is 59.4 Å². The van der Waals surface area contributed by atoms with Gasteiger partial charge >= 0.3 is 17.9 Å². The van der Waals surface area contributed by atoms with Crippen LogP contribution in [0.25, 0.3) is 6.08 Å². The highest BCUT2D eigenvalue weighted by Gasteiger charge is 2.47. The number of ether oxygens (including phenoxy) is 6. The Bertz CT molecular complexity index is 2670. The maximum Gasteiger partial charge on any atom is 0.374 e. The van der Waals surface area contributed by atoms with Crippen LogP contribution in [0, 0.1) is 28.8 Å². The highest BCUT2D eigenvalue weighted by molar-refractivity contribution is 8.00. The summed E-state index contributed by atoms with van der Waals surface area (Å²) in [5, 5.41) is 22.0. The molecule has 0 bridgehead atoms. The van der Waals surface area contributed by atoms with E-state index >= 15 is 4.39 Å². The summed E-state index contributed by atoms with van der Waals surface area (Å²) >= 11 is 1.34. The summed E-state index contributed by atoms with van der Waals surface area (Å²) in [6, 6.07) is 22.6. The van der Waals surface area contributed by atoms with Gasteiger partial charge in [-0.3, -0.25) is 9.59 Å². The zero-order valence-electron chi connectivity index (χ0n) is 38.1. The summed E-state index contributed by atoms with van der Waals surface area (Å²) in [4.78, 5) is 51.8. The quantitative estimate of drug-likeness (QED) is 0.0246. The highest BCUT2D eigenvalue weighted by atomic mass is 32.2. The fraction of sp³-hybridized carbons (Fsp3) is 0.275. The molecule has 4 aromatic carbocycles. The highest BCUT2D eigenvalue weighted by Crippen LogP contribution is 2.42. The Morgan fingerprint density at radius 2 is 1.74 bits per heavy atom. The van der Waals surface area contributed by atoms with Crippen LogP contribution in [0.3, 0.4) is 0 Å². The maximum absolute atomic E-state index is 15.7. The third kappa shape index (κ3) is 15.6. The van der Waals surface area contributed by atoms with Crippen LogP contribution in [0.5, 0.6) is 5.75 Å². The Balaban J connectivity index is 0.000000348. The predicted molar refractivity (Wildman–Crippen MR) is 250 cm³/mol. The van der Waals surface area contributed by atoms with Crippen molar-refractivity contribution in [2.75, 3.05) is 26.9 Å². The molecule has 1 fully saturated rings. The van der Waals surface area contributed by atoms with Gasteiger partial charge in [0.15, 0.2) is 11.9 Å². The fourth-order valence-electron chi connectivity index (χ4n) is 6.69. The number of thioether (sulfide) groups is 1. The van der Waals surface area contributed by atoms with Crippen molar-refractivity contribution in [2.24, 2.45) is 0 Å². The molecule has 0 saturated carbocycles. The van der Waals surface area contributed by atoms with Gasteiger partial charge in [0.25, 0.3) is 0 Å². The molecule has 0 unspecified atom stereocenters. The fourth-order valence-corrected chi connectivity index (χ4v) is 8.05. The smallest absolute Gasteiger partial charge is 0.374 e. The van der Waals surface area contributed by atoms with Crippen molar-refractivity contribution in [3.63, 3.8) is 0 Å². The molecule has 19 heteroatoms. The topological polar surface area (TPSA) is 198 Å². The van der Waals surface area contributed by atoms with Crippen molar-refractivity contribution in [2.45, 2.75) is 61.9 Å². The molecular weight excluding hydrogens is 934 g/mol. The van der Waals surface area contributed by atoms with Crippen LogP contribution in [0.4, 0.5) is 13.2 Å². The second-order valence-corrected chi connectivity index (χ2v) is 16.8. The summed E-state index contributed by atoms with van der Waals surface area (Å²) in [6.07, 6.45) is 9.45. The molecule has 1 aliphatic heterocycles. The number of carbonyl (C=O) groups excluding carboxylic acids is 4. The summed E-state index contributed by atoms with van der Waals surface area (Å²) in [6.45, 7) is 5.04. The third-order valence-electron chi connectivity index (χ3n) is 10.3. The largest absolute Gasteiger partial charge is 0.497 e. The molecule has 70 heavy (non-hydrogen) atoms. The number of allylic oxidation sites excluding steroid dienone is 2. The number of benzene rings is 4. The number of carbonyl (C=O) groups is 4. The predicted octanol–water partition coefficient (Wildman–Crippen LogP) is 7.76.